The van der Waals surface area contributed by atoms with E-state index in [4.69, 9.17) is 9.47 Å². The van der Waals surface area contributed by atoms with Crippen LogP contribution in [0.4, 0.5) is 5.69 Å². The molecule has 0 saturated heterocycles. The Morgan fingerprint density at radius 2 is 2.15 bits per heavy atom. The topological polar surface area (TPSA) is 60.5 Å². The van der Waals surface area contributed by atoms with Gasteiger partial charge in [-0.25, -0.2) is 0 Å². The van der Waals surface area contributed by atoms with Gasteiger partial charge in [0.05, 0.1) is 31.5 Å². The third kappa shape index (κ3) is 3.62. The standard InChI is InChI=1S/C15H22N2O3/c1-3-20-15(18)11-4-6-12(7-5-11)17-13-10-16-9-8-14(13)19-2/h8-12,17H,3-7H2,1-2H3. The molecule has 5 heteroatoms. The first-order chi connectivity index (χ1) is 9.74. The molecule has 0 aromatic carbocycles. The van der Waals surface area contributed by atoms with E-state index in [2.05, 4.69) is 10.3 Å². The van der Waals surface area contributed by atoms with E-state index in [1.165, 1.54) is 0 Å². The maximum Gasteiger partial charge on any atom is 0.308 e. The zero-order valence-corrected chi connectivity index (χ0v) is 12.1. The van der Waals surface area contributed by atoms with Crippen molar-refractivity contribution in [1.82, 2.24) is 4.98 Å². The Morgan fingerprint density at radius 1 is 1.40 bits per heavy atom. The van der Waals surface area contributed by atoms with Crippen LogP contribution in [0.1, 0.15) is 32.6 Å². The maximum atomic E-state index is 11.7. The van der Waals surface area contributed by atoms with Crippen LogP contribution in [0.2, 0.25) is 0 Å². The van der Waals surface area contributed by atoms with Crippen molar-refractivity contribution < 1.29 is 14.3 Å². The molecule has 0 unspecified atom stereocenters. The predicted molar refractivity (Wildman–Crippen MR) is 76.8 cm³/mol. The second-order valence-corrected chi connectivity index (χ2v) is 5.02. The fourth-order valence-electron chi connectivity index (χ4n) is 2.62. The molecule has 0 bridgehead atoms. The number of nitrogens with zero attached hydrogens (tertiary/aromatic N) is 1. The summed E-state index contributed by atoms with van der Waals surface area (Å²) < 4.78 is 10.4. The Kier molecular flexibility index (Phi) is 5.21. The summed E-state index contributed by atoms with van der Waals surface area (Å²) in [5.41, 5.74) is 0.912. The molecule has 110 valence electrons. The lowest BCUT2D eigenvalue weighted by molar-refractivity contribution is -0.149. The number of aromatic nitrogens is 1. The van der Waals surface area contributed by atoms with Gasteiger partial charge in [0.25, 0.3) is 0 Å². The summed E-state index contributed by atoms with van der Waals surface area (Å²) in [6.45, 7) is 2.31. The van der Waals surface area contributed by atoms with E-state index in [9.17, 15) is 4.79 Å². The number of ether oxygens (including phenoxy) is 2. The number of anilines is 1. The number of methoxy groups -OCH3 is 1. The summed E-state index contributed by atoms with van der Waals surface area (Å²) in [6.07, 6.45) is 7.15. The quantitative estimate of drug-likeness (QED) is 0.839. The first-order valence-corrected chi connectivity index (χ1v) is 7.15. The number of carbonyl (C=O) groups excluding carboxylic acids is 1. The van der Waals surface area contributed by atoms with Crippen LogP contribution in [-0.2, 0) is 9.53 Å². The highest BCUT2D eigenvalue weighted by molar-refractivity contribution is 5.72. The molecule has 1 aromatic heterocycles. The van der Waals surface area contributed by atoms with Gasteiger partial charge in [-0.2, -0.15) is 0 Å². The fraction of sp³-hybridized carbons (Fsp3) is 0.600. The summed E-state index contributed by atoms with van der Waals surface area (Å²) in [4.78, 5) is 15.8. The van der Waals surface area contributed by atoms with Gasteiger partial charge < -0.3 is 14.8 Å². The summed E-state index contributed by atoms with van der Waals surface area (Å²) in [5, 5.41) is 3.45. The van der Waals surface area contributed by atoms with Crippen molar-refractivity contribution in [2.24, 2.45) is 5.92 Å². The van der Waals surface area contributed by atoms with E-state index >= 15 is 0 Å². The van der Waals surface area contributed by atoms with Crippen LogP contribution in [0, 0.1) is 5.92 Å². The van der Waals surface area contributed by atoms with Crippen LogP contribution in [0.5, 0.6) is 5.75 Å². The van der Waals surface area contributed by atoms with Gasteiger partial charge in [0.15, 0.2) is 0 Å². The highest BCUT2D eigenvalue weighted by Crippen LogP contribution is 2.30. The molecule has 1 saturated carbocycles. The van der Waals surface area contributed by atoms with Gasteiger partial charge in [-0.3, -0.25) is 9.78 Å². The molecule has 1 N–H and O–H groups in total. The van der Waals surface area contributed by atoms with Gasteiger partial charge in [-0.05, 0) is 32.6 Å². The molecule has 1 heterocycles. The van der Waals surface area contributed by atoms with Crippen LogP contribution in [-0.4, -0.2) is 30.7 Å². The molecule has 1 aromatic rings. The summed E-state index contributed by atoms with van der Waals surface area (Å²) in [5.74, 6) is 0.807. The van der Waals surface area contributed by atoms with Crippen LogP contribution in [0.25, 0.3) is 0 Å². The highest BCUT2D eigenvalue weighted by atomic mass is 16.5. The molecule has 0 radical (unpaired) electrons. The Balaban J connectivity index is 1.87. The number of hydrogen-bond acceptors (Lipinski definition) is 5. The zero-order chi connectivity index (χ0) is 14.4. The number of pyridine rings is 1. The fourth-order valence-corrected chi connectivity index (χ4v) is 2.62. The lowest BCUT2D eigenvalue weighted by atomic mass is 9.86. The first kappa shape index (κ1) is 14.6. The number of hydrogen-bond donors (Lipinski definition) is 1. The average molecular weight is 278 g/mol. The summed E-state index contributed by atoms with van der Waals surface area (Å²) >= 11 is 0. The Bertz CT molecular complexity index is 442. The van der Waals surface area contributed by atoms with E-state index in [1.807, 2.05) is 13.0 Å². The van der Waals surface area contributed by atoms with E-state index in [0.29, 0.717) is 12.6 Å². The van der Waals surface area contributed by atoms with Gasteiger partial charge in [0.2, 0.25) is 0 Å². The SMILES string of the molecule is CCOC(=O)C1CCC(Nc2cnccc2OC)CC1. The Morgan fingerprint density at radius 3 is 2.80 bits per heavy atom. The molecule has 5 nitrogen and oxygen atoms in total. The van der Waals surface area contributed by atoms with Crippen molar-refractivity contribution in [1.29, 1.82) is 0 Å². The van der Waals surface area contributed by atoms with Gasteiger partial charge in [-0.15, -0.1) is 0 Å². The average Bonchev–Trinajstić information content (AvgIpc) is 2.49. The molecule has 0 amide bonds. The van der Waals surface area contributed by atoms with Crippen molar-refractivity contribution >= 4 is 11.7 Å². The summed E-state index contributed by atoms with van der Waals surface area (Å²) in [7, 11) is 1.65. The van der Waals surface area contributed by atoms with Crippen LogP contribution < -0.4 is 10.1 Å². The molecule has 2 rings (SSSR count). The van der Waals surface area contributed by atoms with Crippen molar-refractivity contribution in [3.8, 4) is 5.75 Å². The minimum Gasteiger partial charge on any atom is -0.494 e. The molecule has 0 aliphatic heterocycles. The van der Waals surface area contributed by atoms with E-state index in [-0.39, 0.29) is 11.9 Å². The molecular weight excluding hydrogens is 256 g/mol. The Hall–Kier alpha value is -1.78. The molecule has 1 aliphatic rings. The van der Waals surface area contributed by atoms with Crippen LogP contribution in [0.15, 0.2) is 18.5 Å². The molecule has 1 fully saturated rings. The van der Waals surface area contributed by atoms with Gasteiger partial charge in [-0.1, -0.05) is 0 Å². The smallest absolute Gasteiger partial charge is 0.308 e. The largest absolute Gasteiger partial charge is 0.494 e. The molecule has 20 heavy (non-hydrogen) atoms. The van der Waals surface area contributed by atoms with E-state index in [1.54, 1.807) is 19.5 Å². The van der Waals surface area contributed by atoms with Crippen LogP contribution in [0.3, 0.4) is 0 Å². The number of rotatable bonds is 5. The lowest BCUT2D eigenvalue weighted by Gasteiger charge is -2.28. The van der Waals surface area contributed by atoms with Crippen molar-refractivity contribution in [3.05, 3.63) is 18.5 Å². The number of esters is 1. The van der Waals surface area contributed by atoms with Crippen molar-refractivity contribution in [2.75, 3.05) is 19.0 Å². The molecular formula is C15H22N2O3. The van der Waals surface area contributed by atoms with Crippen LogP contribution >= 0.6 is 0 Å². The van der Waals surface area contributed by atoms with Crippen molar-refractivity contribution in [3.63, 3.8) is 0 Å². The Labute approximate surface area is 119 Å². The monoisotopic (exact) mass is 278 g/mol. The zero-order valence-electron chi connectivity index (χ0n) is 12.1. The number of carbonyl (C=O) groups is 1. The number of nitrogens with one attached hydrogen (secondary N) is 1. The maximum absolute atomic E-state index is 11.7. The first-order valence-electron chi connectivity index (χ1n) is 7.15. The molecule has 1 aliphatic carbocycles. The van der Waals surface area contributed by atoms with Crippen molar-refractivity contribution in [2.45, 2.75) is 38.6 Å². The predicted octanol–water partition coefficient (Wildman–Crippen LogP) is 2.62. The second-order valence-electron chi connectivity index (χ2n) is 5.02. The second kappa shape index (κ2) is 7.12. The van der Waals surface area contributed by atoms with E-state index in [0.717, 1.165) is 37.1 Å². The molecule has 0 spiro atoms. The van der Waals surface area contributed by atoms with E-state index < -0.39 is 0 Å². The third-order valence-electron chi connectivity index (χ3n) is 3.71. The minimum atomic E-state index is -0.0510. The highest BCUT2D eigenvalue weighted by Gasteiger charge is 2.27. The summed E-state index contributed by atoms with van der Waals surface area (Å²) in [6, 6.07) is 2.20. The van der Waals surface area contributed by atoms with Gasteiger partial charge in [0, 0.05) is 18.3 Å². The van der Waals surface area contributed by atoms with Gasteiger partial charge >= 0.3 is 5.97 Å². The van der Waals surface area contributed by atoms with Gasteiger partial charge in [0.1, 0.15) is 5.75 Å². The molecule has 0 atom stereocenters. The normalized spacial score (nSPS) is 22.1. The third-order valence-corrected chi connectivity index (χ3v) is 3.71. The minimum absolute atomic E-state index is 0.0510. The lowest BCUT2D eigenvalue weighted by Crippen LogP contribution is -2.30.